The van der Waals surface area contributed by atoms with Gasteiger partial charge in [0, 0.05) is 17.8 Å². The van der Waals surface area contributed by atoms with E-state index in [9.17, 15) is 0 Å². The van der Waals surface area contributed by atoms with Gasteiger partial charge in [0.15, 0.2) is 0 Å². The first-order chi connectivity index (χ1) is 6.18. The smallest absolute Gasteiger partial charge is 0.0314 e. The predicted molar refractivity (Wildman–Crippen MR) is 55.3 cm³/mol. The Morgan fingerprint density at radius 2 is 1.92 bits per heavy atom. The van der Waals surface area contributed by atoms with E-state index in [0.717, 1.165) is 12.2 Å². The fourth-order valence-electron chi connectivity index (χ4n) is 1.32. The Bertz CT molecular complexity index is 285. The second kappa shape index (κ2) is 3.04. The van der Waals surface area contributed by atoms with Crippen LogP contribution in [0.2, 0.25) is 0 Å². The van der Waals surface area contributed by atoms with E-state index in [1.54, 1.807) is 0 Å². The number of nitrogens with two attached hydrogens (primary N) is 1. The Morgan fingerprint density at radius 1 is 1.31 bits per heavy atom. The standard InChI is InChI=1S/C11H16N2/c1-11(6-7-11)13-8-9-2-4-10(12)5-3-9/h2-5,13H,6-8,12H2,1H3. The number of hydrogen-bond donors (Lipinski definition) is 2. The highest BCUT2D eigenvalue weighted by Gasteiger charge is 2.36. The fourth-order valence-corrected chi connectivity index (χ4v) is 1.32. The van der Waals surface area contributed by atoms with Crippen molar-refractivity contribution in [3.63, 3.8) is 0 Å². The highest BCUT2D eigenvalue weighted by atomic mass is 15.0. The van der Waals surface area contributed by atoms with E-state index >= 15 is 0 Å². The van der Waals surface area contributed by atoms with Crippen LogP contribution in [0.5, 0.6) is 0 Å². The summed E-state index contributed by atoms with van der Waals surface area (Å²) < 4.78 is 0. The van der Waals surface area contributed by atoms with Gasteiger partial charge < -0.3 is 11.1 Å². The van der Waals surface area contributed by atoms with Crippen LogP contribution < -0.4 is 11.1 Å². The monoisotopic (exact) mass is 176 g/mol. The average molecular weight is 176 g/mol. The predicted octanol–water partition coefficient (Wildman–Crippen LogP) is 1.91. The van der Waals surface area contributed by atoms with Crippen LogP contribution in [-0.4, -0.2) is 5.54 Å². The van der Waals surface area contributed by atoms with Crippen molar-refractivity contribution in [2.75, 3.05) is 5.73 Å². The van der Waals surface area contributed by atoms with Gasteiger partial charge in [0.2, 0.25) is 0 Å². The van der Waals surface area contributed by atoms with E-state index in [0.29, 0.717) is 5.54 Å². The van der Waals surface area contributed by atoms with Crippen molar-refractivity contribution in [1.82, 2.24) is 5.32 Å². The summed E-state index contributed by atoms with van der Waals surface area (Å²) in [5.41, 5.74) is 8.16. The van der Waals surface area contributed by atoms with E-state index in [-0.39, 0.29) is 0 Å². The van der Waals surface area contributed by atoms with E-state index in [2.05, 4.69) is 24.4 Å². The maximum Gasteiger partial charge on any atom is 0.0314 e. The summed E-state index contributed by atoms with van der Waals surface area (Å²) >= 11 is 0. The SMILES string of the molecule is CC1(NCc2ccc(N)cc2)CC1. The zero-order chi connectivity index (χ0) is 9.31. The molecule has 0 heterocycles. The van der Waals surface area contributed by atoms with E-state index in [1.165, 1.54) is 18.4 Å². The molecule has 0 radical (unpaired) electrons. The number of hydrogen-bond acceptors (Lipinski definition) is 2. The van der Waals surface area contributed by atoms with Crippen LogP contribution in [0.25, 0.3) is 0 Å². The average Bonchev–Trinajstić information content (AvgIpc) is 2.84. The molecule has 2 rings (SSSR count). The molecule has 2 nitrogen and oxygen atoms in total. The van der Waals surface area contributed by atoms with Gasteiger partial charge in [-0.15, -0.1) is 0 Å². The van der Waals surface area contributed by atoms with Crippen LogP contribution in [0.4, 0.5) is 5.69 Å². The van der Waals surface area contributed by atoms with E-state index in [1.807, 2.05) is 12.1 Å². The summed E-state index contributed by atoms with van der Waals surface area (Å²) in [6.45, 7) is 3.22. The number of anilines is 1. The lowest BCUT2D eigenvalue weighted by molar-refractivity contribution is 0.538. The van der Waals surface area contributed by atoms with Gasteiger partial charge in [0.05, 0.1) is 0 Å². The van der Waals surface area contributed by atoms with Gasteiger partial charge in [0.25, 0.3) is 0 Å². The third-order valence-electron chi connectivity index (χ3n) is 2.70. The normalized spacial score (nSPS) is 18.5. The van der Waals surface area contributed by atoms with Crippen LogP contribution in [0.1, 0.15) is 25.3 Å². The summed E-state index contributed by atoms with van der Waals surface area (Å²) in [7, 11) is 0. The fraction of sp³-hybridized carbons (Fsp3) is 0.455. The molecule has 1 aromatic carbocycles. The minimum Gasteiger partial charge on any atom is -0.399 e. The minimum absolute atomic E-state index is 0.418. The Balaban J connectivity index is 1.91. The molecule has 0 spiro atoms. The van der Waals surface area contributed by atoms with E-state index < -0.39 is 0 Å². The van der Waals surface area contributed by atoms with Gasteiger partial charge in [-0.05, 0) is 37.5 Å². The topological polar surface area (TPSA) is 38.0 Å². The van der Waals surface area contributed by atoms with Gasteiger partial charge in [-0.1, -0.05) is 12.1 Å². The number of nitrogen functional groups attached to an aromatic ring is 1. The molecule has 1 aliphatic carbocycles. The first kappa shape index (κ1) is 8.57. The Labute approximate surface area is 79.1 Å². The van der Waals surface area contributed by atoms with Gasteiger partial charge in [0.1, 0.15) is 0 Å². The lowest BCUT2D eigenvalue weighted by atomic mass is 10.2. The van der Waals surface area contributed by atoms with E-state index in [4.69, 9.17) is 5.73 Å². The first-order valence-electron chi connectivity index (χ1n) is 4.77. The molecule has 0 aromatic heterocycles. The van der Waals surface area contributed by atoms with Crippen molar-refractivity contribution in [3.8, 4) is 0 Å². The number of nitrogens with one attached hydrogen (secondary N) is 1. The molecule has 13 heavy (non-hydrogen) atoms. The maximum absolute atomic E-state index is 5.60. The van der Waals surface area contributed by atoms with Gasteiger partial charge >= 0.3 is 0 Å². The zero-order valence-corrected chi connectivity index (χ0v) is 8.01. The van der Waals surface area contributed by atoms with Gasteiger partial charge in [-0.2, -0.15) is 0 Å². The Hall–Kier alpha value is -1.02. The molecule has 1 aliphatic rings. The highest BCUT2D eigenvalue weighted by Crippen LogP contribution is 2.34. The molecular weight excluding hydrogens is 160 g/mol. The van der Waals surface area contributed by atoms with Gasteiger partial charge in [-0.3, -0.25) is 0 Å². The van der Waals surface area contributed by atoms with Crippen molar-refractivity contribution in [3.05, 3.63) is 29.8 Å². The van der Waals surface area contributed by atoms with Crippen LogP contribution >= 0.6 is 0 Å². The summed E-state index contributed by atoms with van der Waals surface area (Å²) in [5, 5.41) is 3.53. The van der Waals surface area contributed by atoms with Crippen LogP contribution in [0.3, 0.4) is 0 Å². The highest BCUT2D eigenvalue weighted by molar-refractivity contribution is 5.39. The number of rotatable bonds is 3. The number of benzene rings is 1. The second-order valence-corrected chi connectivity index (χ2v) is 4.16. The van der Waals surface area contributed by atoms with Crippen LogP contribution in [0, 0.1) is 0 Å². The first-order valence-corrected chi connectivity index (χ1v) is 4.77. The summed E-state index contributed by atoms with van der Waals surface area (Å²) in [5.74, 6) is 0. The molecule has 0 unspecified atom stereocenters. The third-order valence-corrected chi connectivity index (χ3v) is 2.70. The summed E-state index contributed by atoms with van der Waals surface area (Å²) in [6.07, 6.45) is 2.62. The zero-order valence-electron chi connectivity index (χ0n) is 8.01. The van der Waals surface area contributed by atoms with Crippen molar-refractivity contribution in [1.29, 1.82) is 0 Å². The molecule has 2 heteroatoms. The van der Waals surface area contributed by atoms with Gasteiger partial charge in [-0.25, -0.2) is 0 Å². The van der Waals surface area contributed by atoms with Crippen LogP contribution in [-0.2, 0) is 6.54 Å². The lowest BCUT2D eigenvalue weighted by Gasteiger charge is -2.10. The molecule has 1 aromatic rings. The van der Waals surface area contributed by atoms with Crippen molar-refractivity contribution in [2.45, 2.75) is 31.8 Å². The lowest BCUT2D eigenvalue weighted by Crippen LogP contribution is -2.26. The molecule has 1 saturated carbocycles. The molecule has 0 bridgehead atoms. The molecule has 1 fully saturated rings. The maximum atomic E-state index is 5.60. The van der Waals surface area contributed by atoms with Crippen LogP contribution in [0.15, 0.2) is 24.3 Å². The quantitative estimate of drug-likeness (QED) is 0.690. The largest absolute Gasteiger partial charge is 0.399 e. The minimum atomic E-state index is 0.418. The molecular formula is C11H16N2. The summed E-state index contributed by atoms with van der Waals surface area (Å²) in [4.78, 5) is 0. The molecule has 0 atom stereocenters. The molecule has 0 aliphatic heterocycles. The Morgan fingerprint density at radius 3 is 2.46 bits per heavy atom. The summed E-state index contributed by atoms with van der Waals surface area (Å²) in [6, 6.07) is 8.06. The molecule has 70 valence electrons. The van der Waals surface area contributed by atoms with Crippen molar-refractivity contribution in [2.24, 2.45) is 0 Å². The third kappa shape index (κ3) is 2.22. The Kier molecular flexibility index (Phi) is 2.00. The molecule has 0 amide bonds. The van der Waals surface area contributed by atoms with Crippen molar-refractivity contribution >= 4 is 5.69 Å². The second-order valence-electron chi connectivity index (χ2n) is 4.16. The molecule has 0 saturated heterocycles. The molecule has 3 N–H and O–H groups in total. The van der Waals surface area contributed by atoms with Crippen molar-refractivity contribution < 1.29 is 0 Å².